The van der Waals surface area contributed by atoms with Crippen molar-refractivity contribution in [3.8, 4) is 0 Å². The van der Waals surface area contributed by atoms with Crippen LogP contribution in [0.4, 0.5) is 0 Å². The van der Waals surface area contributed by atoms with Gasteiger partial charge in [-0.1, -0.05) is 27.7 Å². The molecule has 1 N–H and O–H groups in total. The van der Waals surface area contributed by atoms with Crippen molar-refractivity contribution < 1.29 is 4.79 Å². The zero-order valence-electron chi connectivity index (χ0n) is 13.0. The molecule has 5 atom stereocenters. The van der Waals surface area contributed by atoms with E-state index in [2.05, 4.69) is 37.9 Å². The lowest BCUT2D eigenvalue weighted by molar-refractivity contribution is -0.138. The first-order valence-corrected chi connectivity index (χ1v) is 7.89. The predicted molar refractivity (Wildman–Crippen MR) is 76.5 cm³/mol. The largest absolute Gasteiger partial charge is 0.322 e. The molecule has 3 aliphatic rings. The second kappa shape index (κ2) is 3.97. The lowest BCUT2D eigenvalue weighted by Gasteiger charge is -2.49. The van der Waals surface area contributed by atoms with Crippen molar-refractivity contribution in [2.45, 2.75) is 78.6 Å². The van der Waals surface area contributed by atoms with Gasteiger partial charge in [0, 0.05) is 6.04 Å². The molecular weight excluding hydrogens is 236 g/mol. The molecule has 2 saturated carbocycles. The minimum atomic E-state index is -0.0107. The lowest BCUT2D eigenvalue weighted by Crippen LogP contribution is -2.56. The van der Waals surface area contributed by atoms with Crippen LogP contribution < -0.4 is 5.32 Å². The van der Waals surface area contributed by atoms with Crippen LogP contribution in [-0.2, 0) is 4.79 Å². The SMILES string of the molecule is CCC1NC(C)C(=O)N1C1C2(C)CCC(C2)C1(C)C. The molecule has 0 radical (unpaired) electrons. The average Bonchev–Trinajstić information content (AvgIpc) is 2.90. The van der Waals surface area contributed by atoms with Crippen molar-refractivity contribution in [1.29, 1.82) is 0 Å². The third-order valence-electron chi connectivity index (χ3n) is 6.26. The number of hydrogen-bond acceptors (Lipinski definition) is 2. The summed E-state index contributed by atoms with van der Waals surface area (Å²) in [6, 6.07) is 0.400. The number of nitrogens with zero attached hydrogens (tertiary/aromatic N) is 1. The van der Waals surface area contributed by atoms with Gasteiger partial charge in [0.2, 0.25) is 5.91 Å². The van der Waals surface area contributed by atoms with E-state index in [1.807, 2.05) is 6.92 Å². The number of fused-ring (bicyclic) bond motifs is 2. The molecule has 1 aliphatic heterocycles. The Bertz CT molecular complexity index is 401. The summed E-state index contributed by atoms with van der Waals surface area (Å²) in [5.74, 6) is 1.11. The van der Waals surface area contributed by atoms with E-state index in [9.17, 15) is 4.79 Å². The van der Waals surface area contributed by atoms with Crippen molar-refractivity contribution in [3.63, 3.8) is 0 Å². The topological polar surface area (TPSA) is 32.3 Å². The van der Waals surface area contributed by atoms with Crippen molar-refractivity contribution >= 4 is 5.91 Å². The first-order chi connectivity index (χ1) is 8.81. The van der Waals surface area contributed by atoms with Gasteiger partial charge in [-0.3, -0.25) is 10.1 Å². The van der Waals surface area contributed by atoms with Crippen LogP contribution in [0.1, 0.15) is 60.3 Å². The van der Waals surface area contributed by atoms with Crippen LogP contribution in [0.2, 0.25) is 0 Å². The van der Waals surface area contributed by atoms with Crippen molar-refractivity contribution in [2.24, 2.45) is 16.7 Å². The Hall–Kier alpha value is -0.570. The van der Waals surface area contributed by atoms with Gasteiger partial charge in [0.05, 0.1) is 12.2 Å². The van der Waals surface area contributed by atoms with Gasteiger partial charge in [-0.15, -0.1) is 0 Å². The van der Waals surface area contributed by atoms with Gasteiger partial charge in [0.25, 0.3) is 0 Å². The van der Waals surface area contributed by atoms with E-state index in [0.717, 1.165) is 12.3 Å². The Morgan fingerprint density at radius 2 is 2.05 bits per heavy atom. The van der Waals surface area contributed by atoms with E-state index in [0.29, 0.717) is 17.4 Å². The fraction of sp³-hybridized carbons (Fsp3) is 0.938. The molecule has 0 aromatic carbocycles. The van der Waals surface area contributed by atoms with Crippen LogP contribution in [0.25, 0.3) is 0 Å². The quantitative estimate of drug-likeness (QED) is 0.832. The Labute approximate surface area is 117 Å². The van der Waals surface area contributed by atoms with Crippen molar-refractivity contribution in [3.05, 3.63) is 0 Å². The van der Waals surface area contributed by atoms with Crippen LogP contribution in [0.5, 0.6) is 0 Å². The smallest absolute Gasteiger partial charge is 0.241 e. The fourth-order valence-electron chi connectivity index (χ4n) is 5.41. The van der Waals surface area contributed by atoms with Gasteiger partial charge in [-0.2, -0.15) is 0 Å². The molecule has 0 aromatic rings. The molecule has 2 bridgehead atoms. The maximum atomic E-state index is 12.6. The molecule has 19 heavy (non-hydrogen) atoms. The Balaban J connectivity index is 1.98. The summed E-state index contributed by atoms with van der Waals surface area (Å²) in [5.41, 5.74) is 0.602. The van der Waals surface area contributed by atoms with Gasteiger partial charge in [-0.05, 0) is 49.4 Å². The van der Waals surface area contributed by atoms with E-state index in [4.69, 9.17) is 0 Å². The highest BCUT2D eigenvalue weighted by atomic mass is 16.2. The Morgan fingerprint density at radius 1 is 1.37 bits per heavy atom. The number of carbonyl (C=O) groups is 1. The standard InChI is InChI=1S/C16H28N2O/c1-6-12-17-10(2)13(19)18(12)14-15(3,4)11-7-8-16(14,5)9-11/h10-12,14,17H,6-9H2,1-5H3. The van der Waals surface area contributed by atoms with Gasteiger partial charge in [0.1, 0.15) is 0 Å². The van der Waals surface area contributed by atoms with E-state index < -0.39 is 0 Å². The van der Waals surface area contributed by atoms with E-state index in [1.165, 1.54) is 19.3 Å². The summed E-state index contributed by atoms with van der Waals surface area (Å²) < 4.78 is 0. The number of amides is 1. The van der Waals surface area contributed by atoms with Gasteiger partial charge in [0.15, 0.2) is 0 Å². The van der Waals surface area contributed by atoms with Gasteiger partial charge < -0.3 is 4.90 Å². The van der Waals surface area contributed by atoms with E-state index >= 15 is 0 Å². The molecule has 108 valence electrons. The fourth-order valence-corrected chi connectivity index (χ4v) is 5.41. The first-order valence-electron chi connectivity index (χ1n) is 7.89. The first kappa shape index (κ1) is 13.4. The van der Waals surface area contributed by atoms with E-state index in [1.54, 1.807) is 0 Å². The zero-order valence-corrected chi connectivity index (χ0v) is 13.0. The maximum absolute atomic E-state index is 12.6. The highest BCUT2D eigenvalue weighted by molar-refractivity contribution is 5.84. The maximum Gasteiger partial charge on any atom is 0.241 e. The van der Waals surface area contributed by atoms with Gasteiger partial charge in [-0.25, -0.2) is 0 Å². The van der Waals surface area contributed by atoms with Crippen LogP contribution >= 0.6 is 0 Å². The van der Waals surface area contributed by atoms with Crippen LogP contribution in [0.3, 0.4) is 0 Å². The average molecular weight is 264 g/mol. The highest BCUT2D eigenvalue weighted by Gasteiger charge is 2.63. The summed E-state index contributed by atoms with van der Waals surface area (Å²) in [4.78, 5) is 14.9. The molecule has 3 rings (SSSR count). The lowest BCUT2D eigenvalue weighted by atomic mass is 9.67. The molecule has 0 aromatic heterocycles. The molecule has 2 aliphatic carbocycles. The molecule has 3 fully saturated rings. The number of rotatable bonds is 2. The summed E-state index contributed by atoms with van der Waals surface area (Å²) in [5, 5.41) is 3.47. The molecular formula is C16H28N2O. The van der Waals surface area contributed by atoms with Gasteiger partial charge >= 0.3 is 0 Å². The molecule has 3 heteroatoms. The summed E-state index contributed by atoms with van der Waals surface area (Å²) in [6.07, 6.45) is 5.19. The monoisotopic (exact) mass is 264 g/mol. The number of nitrogens with one attached hydrogen (secondary N) is 1. The zero-order chi connectivity index (χ0) is 14.0. The third-order valence-corrected chi connectivity index (χ3v) is 6.26. The Morgan fingerprint density at radius 3 is 2.58 bits per heavy atom. The molecule has 3 nitrogen and oxygen atoms in total. The normalized spacial score (nSPS) is 48.3. The van der Waals surface area contributed by atoms with E-state index in [-0.39, 0.29) is 17.6 Å². The molecule has 0 spiro atoms. The molecule has 1 amide bonds. The Kier molecular flexibility index (Phi) is 2.80. The van der Waals surface area contributed by atoms with Crippen molar-refractivity contribution in [1.82, 2.24) is 10.2 Å². The predicted octanol–water partition coefficient (Wildman–Crippen LogP) is 2.76. The molecule has 5 unspecified atom stereocenters. The molecule has 1 heterocycles. The summed E-state index contributed by atoms with van der Waals surface area (Å²) in [7, 11) is 0. The second-order valence-corrected chi connectivity index (χ2v) is 7.88. The van der Waals surface area contributed by atoms with Crippen molar-refractivity contribution in [2.75, 3.05) is 0 Å². The third kappa shape index (κ3) is 1.63. The minimum absolute atomic E-state index is 0.0107. The number of carbonyl (C=O) groups excluding carboxylic acids is 1. The minimum Gasteiger partial charge on any atom is -0.322 e. The summed E-state index contributed by atoms with van der Waals surface area (Å²) in [6.45, 7) is 11.4. The van der Waals surface area contributed by atoms with Crippen LogP contribution in [-0.4, -0.2) is 29.1 Å². The van der Waals surface area contributed by atoms with Crippen LogP contribution in [0, 0.1) is 16.7 Å². The highest BCUT2D eigenvalue weighted by Crippen LogP contribution is 2.64. The summed E-state index contributed by atoms with van der Waals surface area (Å²) >= 11 is 0. The second-order valence-electron chi connectivity index (χ2n) is 7.88. The number of hydrogen-bond donors (Lipinski definition) is 1. The molecule has 1 saturated heterocycles. The van der Waals surface area contributed by atoms with Crippen LogP contribution in [0.15, 0.2) is 0 Å².